The van der Waals surface area contributed by atoms with Crippen LogP contribution in [0.5, 0.6) is 0 Å². The zero-order valence-electron chi connectivity index (χ0n) is 9.45. The molecule has 1 aliphatic heterocycles. The molecule has 5 nitrogen and oxygen atoms in total. The van der Waals surface area contributed by atoms with E-state index in [1.807, 2.05) is 20.8 Å². The number of carbonyl (C=O) groups is 2. The first kappa shape index (κ1) is 11.8. The summed E-state index contributed by atoms with van der Waals surface area (Å²) < 4.78 is 5.23. The van der Waals surface area contributed by atoms with E-state index in [-0.39, 0.29) is 12.3 Å². The van der Waals surface area contributed by atoms with Crippen LogP contribution in [-0.2, 0) is 9.53 Å². The van der Waals surface area contributed by atoms with E-state index in [9.17, 15) is 9.59 Å². The monoisotopic (exact) mass is 214 g/mol. The Morgan fingerprint density at radius 3 is 2.73 bits per heavy atom. The molecule has 1 aliphatic rings. The summed E-state index contributed by atoms with van der Waals surface area (Å²) in [6.07, 6.45) is 1.73. The van der Waals surface area contributed by atoms with Crippen molar-refractivity contribution < 1.29 is 14.3 Å². The third-order valence-electron chi connectivity index (χ3n) is 2.14. The second-order valence-electron chi connectivity index (χ2n) is 4.62. The predicted octanol–water partition coefficient (Wildman–Crippen LogP) is 1.09. The molecule has 1 heterocycles. The highest BCUT2D eigenvalue weighted by molar-refractivity contribution is 5.69. The Morgan fingerprint density at radius 2 is 2.20 bits per heavy atom. The first-order valence-corrected chi connectivity index (χ1v) is 5.13. The van der Waals surface area contributed by atoms with Crippen LogP contribution in [0.1, 0.15) is 33.6 Å². The van der Waals surface area contributed by atoms with Crippen LogP contribution in [0.15, 0.2) is 0 Å². The van der Waals surface area contributed by atoms with Gasteiger partial charge in [0, 0.05) is 6.54 Å². The third-order valence-corrected chi connectivity index (χ3v) is 2.14. The van der Waals surface area contributed by atoms with Crippen molar-refractivity contribution in [1.82, 2.24) is 10.2 Å². The molecule has 86 valence electrons. The van der Waals surface area contributed by atoms with Gasteiger partial charge in [-0.05, 0) is 33.6 Å². The second kappa shape index (κ2) is 4.51. The van der Waals surface area contributed by atoms with E-state index in [1.165, 1.54) is 0 Å². The summed E-state index contributed by atoms with van der Waals surface area (Å²) in [6.45, 7) is 6.11. The molecule has 0 aromatic heterocycles. The number of hydrogen-bond acceptors (Lipinski definition) is 3. The molecule has 0 spiro atoms. The smallest absolute Gasteiger partial charge is 0.411 e. The molecule has 0 aromatic carbocycles. The van der Waals surface area contributed by atoms with Gasteiger partial charge in [-0.3, -0.25) is 9.69 Å². The minimum Gasteiger partial charge on any atom is -0.444 e. The maximum Gasteiger partial charge on any atom is 0.411 e. The number of rotatable bonds is 2. The number of hydrogen-bond donors (Lipinski definition) is 1. The van der Waals surface area contributed by atoms with Crippen molar-refractivity contribution in [3.8, 4) is 0 Å². The molecule has 15 heavy (non-hydrogen) atoms. The van der Waals surface area contributed by atoms with Crippen LogP contribution >= 0.6 is 0 Å². The SMILES string of the molecule is CC(C)(C)OC(=O)N1CCC[C@H]1NC=O. The molecule has 1 atom stereocenters. The van der Waals surface area contributed by atoms with Gasteiger partial charge in [-0.1, -0.05) is 0 Å². The number of carbonyl (C=O) groups excluding carboxylic acids is 2. The average Bonchev–Trinajstić information content (AvgIpc) is 2.49. The van der Waals surface area contributed by atoms with Crippen LogP contribution in [0, 0.1) is 0 Å². The lowest BCUT2D eigenvalue weighted by Crippen LogP contribution is -2.46. The van der Waals surface area contributed by atoms with E-state index >= 15 is 0 Å². The van der Waals surface area contributed by atoms with Crippen LogP contribution in [0.4, 0.5) is 4.79 Å². The molecule has 1 rings (SSSR count). The number of nitrogens with zero attached hydrogens (tertiary/aromatic N) is 1. The molecular formula is C10H18N2O3. The molecule has 0 unspecified atom stereocenters. The van der Waals surface area contributed by atoms with Crippen molar-refractivity contribution in [2.75, 3.05) is 6.54 Å². The highest BCUT2D eigenvalue weighted by Gasteiger charge is 2.31. The maximum absolute atomic E-state index is 11.7. The van der Waals surface area contributed by atoms with E-state index in [1.54, 1.807) is 4.90 Å². The molecule has 2 amide bonds. The molecule has 0 radical (unpaired) electrons. The molecule has 0 aromatic rings. The first-order chi connectivity index (χ1) is 6.94. The van der Waals surface area contributed by atoms with Gasteiger partial charge in [-0.2, -0.15) is 0 Å². The Balaban J connectivity index is 2.54. The molecule has 1 saturated heterocycles. The molecule has 0 bridgehead atoms. The number of likely N-dealkylation sites (tertiary alicyclic amines) is 1. The molecule has 1 N–H and O–H groups in total. The van der Waals surface area contributed by atoms with Crippen LogP contribution < -0.4 is 5.32 Å². The van der Waals surface area contributed by atoms with Gasteiger partial charge in [0.1, 0.15) is 11.8 Å². The molecule has 0 saturated carbocycles. The molecule has 5 heteroatoms. The summed E-state index contributed by atoms with van der Waals surface area (Å²) in [6, 6.07) is 0. The lowest BCUT2D eigenvalue weighted by atomic mass is 10.2. The van der Waals surface area contributed by atoms with Crippen molar-refractivity contribution in [2.45, 2.75) is 45.4 Å². The van der Waals surface area contributed by atoms with Gasteiger partial charge in [0.15, 0.2) is 0 Å². The van der Waals surface area contributed by atoms with Crippen molar-refractivity contribution >= 4 is 12.5 Å². The molecular weight excluding hydrogens is 196 g/mol. The lowest BCUT2D eigenvalue weighted by molar-refractivity contribution is -0.110. The van der Waals surface area contributed by atoms with Crippen LogP contribution in [-0.4, -0.2) is 35.7 Å². The van der Waals surface area contributed by atoms with E-state index in [0.29, 0.717) is 13.0 Å². The van der Waals surface area contributed by atoms with Gasteiger partial charge in [0.25, 0.3) is 0 Å². The summed E-state index contributed by atoms with van der Waals surface area (Å²) in [5.41, 5.74) is -0.495. The van der Waals surface area contributed by atoms with Gasteiger partial charge >= 0.3 is 6.09 Å². The van der Waals surface area contributed by atoms with E-state index in [0.717, 1.165) is 12.8 Å². The summed E-state index contributed by atoms with van der Waals surface area (Å²) >= 11 is 0. The quantitative estimate of drug-likeness (QED) is 0.700. The number of nitrogens with one attached hydrogen (secondary N) is 1. The van der Waals surface area contributed by atoms with Crippen molar-refractivity contribution in [1.29, 1.82) is 0 Å². The van der Waals surface area contributed by atoms with E-state index < -0.39 is 5.60 Å². The summed E-state index contributed by atoms with van der Waals surface area (Å²) in [5.74, 6) is 0. The second-order valence-corrected chi connectivity index (χ2v) is 4.62. The van der Waals surface area contributed by atoms with Crippen molar-refractivity contribution in [3.63, 3.8) is 0 Å². The minimum absolute atomic E-state index is 0.211. The Hall–Kier alpha value is -1.26. The van der Waals surface area contributed by atoms with Gasteiger partial charge < -0.3 is 10.1 Å². The highest BCUT2D eigenvalue weighted by atomic mass is 16.6. The predicted molar refractivity (Wildman–Crippen MR) is 55.2 cm³/mol. The van der Waals surface area contributed by atoms with Gasteiger partial charge in [-0.25, -0.2) is 4.79 Å². The van der Waals surface area contributed by atoms with Crippen LogP contribution in [0.2, 0.25) is 0 Å². The number of amides is 2. The van der Waals surface area contributed by atoms with Gasteiger partial charge in [0.2, 0.25) is 6.41 Å². The fourth-order valence-corrected chi connectivity index (χ4v) is 1.56. The summed E-state index contributed by atoms with van der Waals surface area (Å²) in [7, 11) is 0. The van der Waals surface area contributed by atoms with Gasteiger partial charge in [-0.15, -0.1) is 0 Å². The van der Waals surface area contributed by atoms with Crippen molar-refractivity contribution in [3.05, 3.63) is 0 Å². The largest absolute Gasteiger partial charge is 0.444 e. The molecule has 1 fully saturated rings. The van der Waals surface area contributed by atoms with Crippen LogP contribution in [0.3, 0.4) is 0 Å². The van der Waals surface area contributed by atoms with Gasteiger partial charge in [0.05, 0.1) is 0 Å². The Bertz CT molecular complexity index is 248. The fraction of sp³-hybridized carbons (Fsp3) is 0.800. The van der Waals surface area contributed by atoms with E-state index in [2.05, 4.69) is 5.32 Å². The normalized spacial score (nSPS) is 21.3. The lowest BCUT2D eigenvalue weighted by Gasteiger charge is -2.28. The first-order valence-electron chi connectivity index (χ1n) is 5.13. The summed E-state index contributed by atoms with van der Waals surface area (Å²) in [4.78, 5) is 23.6. The minimum atomic E-state index is -0.495. The van der Waals surface area contributed by atoms with Crippen molar-refractivity contribution in [2.24, 2.45) is 0 Å². The number of ether oxygens (including phenoxy) is 1. The van der Waals surface area contributed by atoms with Crippen LogP contribution in [0.25, 0.3) is 0 Å². The third kappa shape index (κ3) is 3.42. The average molecular weight is 214 g/mol. The molecule has 0 aliphatic carbocycles. The fourth-order valence-electron chi connectivity index (χ4n) is 1.56. The Kier molecular flexibility index (Phi) is 3.55. The van der Waals surface area contributed by atoms with E-state index in [4.69, 9.17) is 4.74 Å². The Labute approximate surface area is 89.8 Å². The highest BCUT2D eigenvalue weighted by Crippen LogP contribution is 2.18. The zero-order chi connectivity index (χ0) is 11.5. The zero-order valence-corrected chi connectivity index (χ0v) is 9.45. The summed E-state index contributed by atoms with van der Waals surface area (Å²) in [5, 5.41) is 2.61. The maximum atomic E-state index is 11.7. The standard InChI is InChI=1S/C10H18N2O3/c1-10(2,3)15-9(14)12-6-4-5-8(12)11-7-13/h7-8H,4-6H2,1-3H3,(H,11,13)/t8-/m0/s1. The topological polar surface area (TPSA) is 58.6 Å². The Morgan fingerprint density at radius 1 is 1.53 bits per heavy atom.